The first kappa shape index (κ1) is 14.9. The number of nitrogens with zero attached hydrogens (tertiary/aromatic N) is 1. The van der Waals surface area contributed by atoms with E-state index >= 15 is 0 Å². The van der Waals surface area contributed by atoms with Crippen molar-refractivity contribution >= 4 is 32.6 Å². The van der Waals surface area contributed by atoms with Gasteiger partial charge in [-0.15, -0.1) is 0 Å². The lowest BCUT2D eigenvalue weighted by Gasteiger charge is -2.48. The zero-order valence-electron chi connectivity index (χ0n) is 12.6. The summed E-state index contributed by atoms with van der Waals surface area (Å²) in [6.45, 7) is 3.54. The van der Waals surface area contributed by atoms with Gasteiger partial charge in [0, 0.05) is 36.0 Å². The van der Waals surface area contributed by atoms with E-state index in [1.54, 1.807) is 23.1 Å². The standard InChI is InChI=1S/C17H17BrN2O3/c18-13-3-1-2-11-12(13)8-14(23-16(11)22)15(21)20-6-4-17(5-7-20)9-19-10-17/h1-3,8,19H,4-7,9-10H2. The molecule has 4 rings (SSSR count). The summed E-state index contributed by atoms with van der Waals surface area (Å²) in [5.74, 6) is -0.0704. The molecule has 1 spiro atoms. The SMILES string of the molecule is O=C(c1cc2c(Br)cccc2c(=O)o1)N1CCC2(CC1)CNC2. The first-order valence-corrected chi connectivity index (χ1v) is 8.60. The maximum Gasteiger partial charge on any atom is 0.344 e. The maximum atomic E-state index is 12.7. The topological polar surface area (TPSA) is 62.6 Å². The van der Waals surface area contributed by atoms with Gasteiger partial charge < -0.3 is 14.6 Å². The Morgan fingerprint density at radius 1 is 1.22 bits per heavy atom. The molecule has 1 aromatic heterocycles. The number of carbonyl (C=O) groups is 1. The lowest BCUT2D eigenvalue weighted by Crippen LogP contribution is -2.58. The average molecular weight is 377 g/mol. The van der Waals surface area contributed by atoms with Crippen LogP contribution in [0.4, 0.5) is 0 Å². The highest BCUT2D eigenvalue weighted by molar-refractivity contribution is 9.10. The summed E-state index contributed by atoms with van der Waals surface area (Å²) < 4.78 is 6.06. The number of amides is 1. The zero-order chi connectivity index (χ0) is 16.0. The lowest BCUT2D eigenvalue weighted by molar-refractivity contribution is 0.0389. The molecule has 0 atom stereocenters. The summed E-state index contributed by atoms with van der Waals surface area (Å²) in [7, 11) is 0. The Balaban J connectivity index is 1.62. The molecule has 5 nitrogen and oxygen atoms in total. The van der Waals surface area contributed by atoms with Crippen LogP contribution in [-0.4, -0.2) is 37.0 Å². The van der Waals surface area contributed by atoms with Gasteiger partial charge in [-0.25, -0.2) is 4.79 Å². The predicted octanol–water partition coefficient (Wildman–Crippen LogP) is 2.38. The zero-order valence-corrected chi connectivity index (χ0v) is 14.2. The molecule has 3 heterocycles. The third-order valence-electron chi connectivity index (χ3n) is 5.07. The van der Waals surface area contributed by atoms with Gasteiger partial charge in [-0.2, -0.15) is 0 Å². The number of carbonyl (C=O) groups excluding carboxylic acids is 1. The highest BCUT2D eigenvalue weighted by Gasteiger charge is 2.40. The van der Waals surface area contributed by atoms with Crippen molar-refractivity contribution in [2.75, 3.05) is 26.2 Å². The van der Waals surface area contributed by atoms with Gasteiger partial charge in [-0.1, -0.05) is 22.0 Å². The Morgan fingerprint density at radius 2 is 1.96 bits per heavy atom. The van der Waals surface area contributed by atoms with Crippen molar-refractivity contribution in [3.05, 3.63) is 44.9 Å². The van der Waals surface area contributed by atoms with Crippen molar-refractivity contribution < 1.29 is 9.21 Å². The monoisotopic (exact) mass is 376 g/mol. The Labute approximate surface area is 141 Å². The van der Waals surface area contributed by atoms with E-state index in [1.165, 1.54) is 0 Å². The highest BCUT2D eigenvalue weighted by atomic mass is 79.9. The fourth-order valence-electron chi connectivity index (χ4n) is 3.45. The first-order valence-electron chi connectivity index (χ1n) is 7.80. The molecule has 120 valence electrons. The third kappa shape index (κ3) is 2.50. The number of benzene rings is 1. The molecule has 23 heavy (non-hydrogen) atoms. The molecule has 2 aliphatic heterocycles. The summed E-state index contributed by atoms with van der Waals surface area (Å²) in [6, 6.07) is 7.00. The van der Waals surface area contributed by atoms with Gasteiger partial charge in [0.15, 0.2) is 5.76 Å². The lowest BCUT2D eigenvalue weighted by atomic mass is 9.73. The third-order valence-corrected chi connectivity index (χ3v) is 5.76. The second-order valence-corrected chi connectivity index (χ2v) is 7.35. The van der Waals surface area contributed by atoms with E-state index < -0.39 is 5.63 Å². The predicted molar refractivity (Wildman–Crippen MR) is 90.6 cm³/mol. The molecular weight excluding hydrogens is 360 g/mol. The van der Waals surface area contributed by atoms with Gasteiger partial charge in [0.25, 0.3) is 5.91 Å². The first-order chi connectivity index (χ1) is 11.1. The Morgan fingerprint density at radius 3 is 2.61 bits per heavy atom. The van der Waals surface area contributed by atoms with Crippen LogP contribution in [-0.2, 0) is 0 Å². The molecule has 0 radical (unpaired) electrons. The molecule has 6 heteroatoms. The van der Waals surface area contributed by atoms with Crippen molar-refractivity contribution in [1.29, 1.82) is 0 Å². The van der Waals surface area contributed by atoms with E-state index in [2.05, 4.69) is 21.2 Å². The van der Waals surface area contributed by atoms with E-state index in [0.717, 1.165) is 43.5 Å². The van der Waals surface area contributed by atoms with Crippen LogP contribution in [0, 0.1) is 5.41 Å². The molecular formula is C17H17BrN2O3. The summed E-state index contributed by atoms with van der Waals surface area (Å²) in [6.07, 6.45) is 2.01. The average Bonchev–Trinajstić information content (AvgIpc) is 2.54. The molecule has 1 amide bonds. The second-order valence-electron chi connectivity index (χ2n) is 6.49. The van der Waals surface area contributed by atoms with Crippen LogP contribution in [0.5, 0.6) is 0 Å². The quantitative estimate of drug-likeness (QED) is 0.829. The number of likely N-dealkylation sites (tertiary alicyclic amines) is 1. The van der Waals surface area contributed by atoms with Crippen LogP contribution in [0.15, 0.2) is 37.9 Å². The molecule has 2 saturated heterocycles. The van der Waals surface area contributed by atoms with Crippen molar-refractivity contribution in [2.45, 2.75) is 12.8 Å². The van der Waals surface area contributed by atoms with Crippen LogP contribution < -0.4 is 10.9 Å². The normalized spacial score (nSPS) is 19.8. The molecule has 2 fully saturated rings. The summed E-state index contributed by atoms with van der Waals surface area (Å²) >= 11 is 3.43. The minimum Gasteiger partial charge on any atom is -0.417 e. The number of piperidine rings is 1. The fraction of sp³-hybridized carbons (Fsp3) is 0.412. The van der Waals surface area contributed by atoms with Gasteiger partial charge in [-0.05, 0) is 36.5 Å². The van der Waals surface area contributed by atoms with Gasteiger partial charge in [0.2, 0.25) is 0 Å². The van der Waals surface area contributed by atoms with E-state index in [1.807, 2.05) is 6.07 Å². The van der Waals surface area contributed by atoms with Crippen LogP contribution in [0.25, 0.3) is 10.8 Å². The largest absolute Gasteiger partial charge is 0.417 e. The molecule has 2 aromatic rings. The number of hydrogen-bond donors (Lipinski definition) is 1. The number of halogens is 1. The van der Waals surface area contributed by atoms with Gasteiger partial charge >= 0.3 is 5.63 Å². The highest BCUT2D eigenvalue weighted by Crippen LogP contribution is 2.35. The van der Waals surface area contributed by atoms with Crippen LogP contribution in [0.2, 0.25) is 0 Å². The molecule has 0 unspecified atom stereocenters. The van der Waals surface area contributed by atoms with E-state index in [9.17, 15) is 9.59 Å². The van der Waals surface area contributed by atoms with Crippen molar-refractivity contribution in [2.24, 2.45) is 5.41 Å². The summed E-state index contributed by atoms with van der Waals surface area (Å²) in [4.78, 5) is 26.6. The molecule has 0 saturated carbocycles. The number of fused-ring (bicyclic) bond motifs is 1. The summed E-state index contributed by atoms with van der Waals surface area (Å²) in [5.41, 5.74) is -0.0897. The van der Waals surface area contributed by atoms with Crippen molar-refractivity contribution in [3.8, 4) is 0 Å². The van der Waals surface area contributed by atoms with Crippen LogP contribution in [0.3, 0.4) is 0 Å². The molecule has 2 aliphatic rings. The van der Waals surface area contributed by atoms with E-state index in [-0.39, 0.29) is 11.7 Å². The van der Waals surface area contributed by atoms with Crippen molar-refractivity contribution in [1.82, 2.24) is 10.2 Å². The number of hydrogen-bond acceptors (Lipinski definition) is 4. The Bertz CT molecular complexity index is 831. The molecule has 0 bridgehead atoms. The van der Waals surface area contributed by atoms with Crippen LogP contribution in [0.1, 0.15) is 23.4 Å². The van der Waals surface area contributed by atoms with Crippen molar-refractivity contribution in [3.63, 3.8) is 0 Å². The minimum atomic E-state index is -0.469. The number of nitrogens with one attached hydrogen (secondary N) is 1. The summed E-state index contributed by atoms with van der Waals surface area (Å²) in [5, 5.41) is 4.51. The van der Waals surface area contributed by atoms with E-state index in [4.69, 9.17) is 4.42 Å². The maximum absolute atomic E-state index is 12.7. The van der Waals surface area contributed by atoms with Gasteiger partial charge in [0.1, 0.15) is 0 Å². The fourth-order valence-corrected chi connectivity index (χ4v) is 3.94. The van der Waals surface area contributed by atoms with Gasteiger partial charge in [0.05, 0.1) is 5.39 Å². The second kappa shape index (κ2) is 5.46. The molecule has 1 N–H and O–H groups in total. The molecule has 1 aromatic carbocycles. The van der Waals surface area contributed by atoms with Crippen LogP contribution >= 0.6 is 15.9 Å². The smallest absolute Gasteiger partial charge is 0.344 e. The Kier molecular flexibility index (Phi) is 3.54. The molecule has 0 aliphatic carbocycles. The van der Waals surface area contributed by atoms with Gasteiger partial charge in [-0.3, -0.25) is 4.79 Å². The minimum absolute atomic E-state index is 0.122. The van der Waals surface area contributed by atoms with E-state index in [0.29, 0.717) is 16.2 Å². The Hall–Kier alpha value is -1.66. The number of rotatable bonds is 1.